The van der Waals surface area contributed by atoms with Gasteiger partial charge in [0.15, 0.2) is 5.75 Å². The molecule has 102 valence electrons. The van der Waals surface area contributed by atoms with Crippen LogP contribution in [0.1, 0.15) is 24.3 Å². The SMILES string of the molecule is CCn1ncc(OC)c1C(O)c1ccc(F)c(Br)c1. The Morgan fingerprint density at radius 1 is 1.53 bits per heavy atom. The molecule has 0 radical (unpaired) electrons. The van der Waals surface area contributed by atoms with Crippen LogP contribution in [0.4, 0.5) is 4.39 Å². The van der Waals surface area contributed by atoms with E-state index in [1.165, 1.54) is 19.2 Å². The number of nitrogens with zero attached hydrogens (tertiary/aromatic N) is 2. The maximum atomic E-state index is 13.2. The van der Waals surface area contributed by atoms with Crippen molar-refractivity contribution in [3.05, 3.63) is 45.9 Å². The van der Waals surface area contributed by atoms with E-state index in [9.17, 15) is 9.50 Å². The lowest BCUT2D eigenvalue weighted by Crippen LogP contribution is -2.10. The van der Waals surface area contributed by atoms with E-state index in [2.05, 4.69) is 21.0 Å². The molecule has 0 spiro atoms. The van der Waals surface area contributed by atoms with Gasteiger partial charge in [-0.15, -0.1) is 0 Å². The van der Waals surface area contributed by atoms with E-state index in [4.69, 9.17) is 4.74 Å². The van der Waals surface area contributed by atoms with Crippen molar-refractivity contribution in [3.8, 4) is 5.75 Å². The molecule has 0 aliphatic carbocycles. The highest BCUT2D eigenvalue weighted by atomic mass is 79.9. The molecule has 0 amide bonds. The minimum absolute atomic E-state index is 0.311. The highest BCUT2D eigenvalue weighted by molar-refractivity contribution is 9.10. The molecular weight excluding hydrogens is 315 g/mol. The number of hydrogen-bond acceptors (Lipinski definition) is 3. The number of rotatable bonds is 4. The summed E-state index contributed by atoms with van der Waals surface area (Å²) in [5.41, 5.74) is 1.13. The number of halogens is 2. The zero-order chi connectivity index (χ0) is 14.0. The highest BCUT2D eigenvalue weighted by Gasteiger charge is 2.21. The van der Waals surface area contributed by atoms with Crippen LogP contribution in [-0.4, -0.2) is 22.0 Å². The second-order valence-electron chi connectivity index (χ2n) is 3.99. The fourth-order valence-electron chi connectivity index (χ4n) is 1.90. The van der Waals surface area contributed by atoms with Gasteiger partial charge in [-0.25, -0.2) is 4.39 Å². The minimum atomic E-state index is -0.922. The van der Waals surface area contributed by atoms with Gasteiger partial charge >= 0.3 is 0 Å². The number of aromatic nitrogens is 2. The van der Waals surface area contributed by atoms with Gasteiger partial charge in [-0.3, -0.25) is 4.68 Å². The van der Waals surface area contributed by atoms with Gasteiger partial charge in [0.2, 0.25) is 0 Å². The molecule has 0 bridgehead atoms. The molecule has 0 aliphatic rings. The number of aryl methyl sites for hydroxylation is 1. The van der Waals surface area contributed by atoms with Gasteiger partial charge in [0.05, 0.1) is 17.8 Å². The zero-order valence-corrected chi connectivity index (χ0v) is 12.2. The molecule has 0 fully saturated rings. The summed E-state index contributed by atoms with van der Waals surface area (Å²) in [7, 11) is 1.52. The number of hydrogen-bond donors (Lipinski definition) is 1. The van der Waals surface area contributed by atoms with Crippen molar-refractivity contribution in [2.24, 2.45) is 0 Å². The third-order valence-electron chi connectivity index (χ3n) is 2.88. The minimum Gasteiger partial charge on any atom is -0.493 e. The molecule has 1 aromatic heterocycles. The van der Waals surface area contributed by atoms with E-state index >= 15 is 0 Å². The largest absolute Gasteiger partial charge is 0.493 e. The molecule has 19 heavy (non-hydrogen) atoms. The quantitative estimate of drug-likeness (QED) is 0.938. The lowest BCUT2D eigenvalue weighted by atomic mass is 10.1. The smallest absolute Gasteiger partial charge is 0.163 e. The van der Waals surface area contributed by atoms with E-state index < -0.39 is 6.10 Å². The number of benzene rings is 1. The lowest BCUT2D eigenvalue weighted by molar-refractivity contribution is 0.202. The Hall–Kier alpha value is -1.40. The third-order valence-corrected chi connectivity index (χ3v) is 3.49. The summed E-state index contributed by atoms with van der Waals surface area (Å²) in [4.78, 5) is 0. The predicted octanol–water partition coefficient (Wildman–Crippen LogP) is 2.89. The van der Waals surface area contributed by atoms with E-state index in [1.807, 2.05) is 6.92 Å². The average molecular weight is 329 g/mol. The first-order valence-corrected chi connectivity index (χ1v) is 6.60. The average Bonchev–Trinajstić information content (AvgIpc) is 2.83. The van der Waals surface area contributed by atoms with Crippen molar-refractivity contribution in [1.29, 1.82) is 0 Å². The Labute approximate surface area is 118 Å². The third kappa shape index (κ3) is 2.64. The molecule has 2 aromatic rings. The van der Waals surface area contributed by atoms with Gasteiger partial charge in [-0.05, 0) is 40.5 Å². The topological polar surface area (TPSA) is 47.3 Å². The van der Waals surface area contributed by atoms with Crippen molar-refractivity contribution < 1.29 is 14.2 Å². The molecule has 1 heterocycles. The van der Waals surface area contributed by atoms with Crippen LogP contribution >= 0.6 is 15.9 Å². The number of ether oxygens (including phenoxy) is 1. The van der Waals surface area contributed by atoms with Crippen LogP contribution in [0.15, 0.2) is 28.9 Å². The first-order valence-electron chi connectivity index (χ1n) is 5.81. The monoisotopic (exact) mass is 328 g/mol. The second kappa shape index (κ2) is 5.71. The molecule has 0 saturated heterocycles. The first-order chi connectivity index (χ1) is 9.08. The lowest BCUT2D eigenvalue weighted by Gasteiger charge is -2.15. The van der Waals surface area contributed by atoms with Crippen LogP contribution < -0.4 is 4.74 Å². The van der Waals surface area contributed by atoms with Crippen LogP contribution in [-0.2, 0) is 6.54 Å². The summed E-state index contributed by atoms with van der Waals surface area (Å²) in [6.45, 7) is 2.53. The van der Waals surface area contributed by atoms with Crippen LogP contribution in [0.2, 0.25) is 0 Å². The van der Waals surface area contributed by atoms with Crippen LogP contribution in [0.5, 0.6) is 5.75 Å². The summed E-state index contributed by atoms with van der Waals surface area (Å²) in [6, 6.07) is 4.39. The summed E-state index contributed by atoms with van der Waals surface area (Å²) < 4.78 is 20.4. The summed E-state index contributed by atoms with van der Waals surface area (Å²) in [5, 5.41) is 14.6. The van der Waals surface area contributed by atoms with E-state index in [-0.39, 0.29) is 5.82 Å². The molecule has 1 atom stereocenters. The molecular formula is C13H14BrFN2O2. The molecule has 1 N–H and O–H groups in total. The van der Waals surface area contributed by atoms with E-state index in [0.717, 1.165) is 0 Å². The van der Waals surface area contributed by atoms with Crippen molar-refractivity contribution in [2.75, 3.05) is 7.11 Å². The fourth-order valence-corrected chi connectivity index (χ4v) is 2.30. The van der Waals surface area contributed by atoms with Gasteiger partial charge in [-0.2, -0.15) is 5.10 Å². The van der Waals surface area contributed by atoms with Crippen LogP contribution in [0.25, 0.3) is 0 Å². The molecule has 0 aliphatic heterocycles. The molecule has 1 aromatic carbocycles. The van der Waals surface area contributed by atoms with E-state index in [1.54, 1.807) is 16.9 Å². The van der Waals surface area contributed by atoms with Gasteiger partial charge in [0.25, 0.3) is 0 Å². The van der Waals surface area contributed by atoms with Crippen molar-refractivity contribution in [3.63, 3.8) is 0 Å². The van der Waals surface area contributed by atoms with Gasteiger partial charge in [0, 0.05) is 6.54 Å². The molecule has 4 nitrogen and oxygen atoms in total. The van der Waals surface area contributed by atoms with Gasteiger partial charge in [0.1, 0.15) is 17.6 Å². The fraction of sp³-hybridized carbons (Fsp3) is 0.308. The normalized spacial score (nSPS) is 12.5. The standard InChI is InChI=1S/C13H14BrFN2O2/c1-3-17-12(11(19-2)7-16-17)13(18)8-4-5-10(15)9(14)6-8/h4-7,13,18H,3H2,1-2H3. The second-order valence-corrected chi connectivity index (χ2v) is 4.84. The Morgan fingerprint density at radius 2 is 2.26 bits per heavy atom. The highest BCUT2D eigenvalue weighted by Crippen LogP contribution is 2.31. The Balaban J connectivity index is 2.45. The Bertz CT molecular complexity index is 565. The van der Waals surface area contributed by atoms with Crippen LogP contribution in [0.3, 0.4) is 0 Å². The Morgan fingerprint density at radius 3 is 2.84 bits per heavy atom. The van der Waals surface area contributed by atoms with Crippen LogP contribution in [0, 0.1) is 5.82 Å². The van der Waals surface area contributed by atoms with Crippen molar-refractivity contribution >= 4 is 15.9 Å². The molecule has 6 heteroatoms. The number of aliphatic hydroxyl groups excluding tert-OH is 1. The molecule has 1 unspecified atom stereocenters. The molecule has 0 saturated carbocycles. The zero-order valence-electron chi connectivity index (χ0n) is 10.6. The van der Waals surface area contributed by atoms with Gasteiger partial charge < -0.3 is 9.84 Å². The maximum absolute atomic E-state index is 13.2. The maximum Gasteiger partial charge on any atom is 0.163 e. The van der Waals surface area contributed by atoms with Crippen molar-refractivity contribution in [2.45, 2.75) is 19.6 Å². The number of methoxy groups -OCH3 is 1. The van der Waals surface area contributed by atoms with Crippen molar-refractivity contribution in [1.82, 2.24) is 9.78 Å². The predicted molar refractivity (Wildman–Crippen MR) is 72.6 cm³/mol. The van der Waals surface area contributed by atoms with E-state index in [0.29, 0.717) is 28.0 Å². The van der Waals surface area contributed by atoms with Gasteiger partial charge in [-0.1, -0.05) is 6.07 Å². The summed E-state index contributed by atoms with van der Waals surface area (Å²) in [6.07, 6.45) is 0.634. The number of aliphatic hydroxyl groups is 1. The molecule has 2 rings (SSSR count). The first kappa shape index (κ1) is 14.0. The Kier molecular flexibility index (Phi) is 4.21. The summed E-state index contributed by atoms with van der Waals surface area (Å²) >= 11 is 3.11. The summed E-state index contributed by atoms with van der Waals surface area (Å²) in [5.74, 6) is 0.140.